The molecular formula is C8H9FN2S. The molecule has 12 heavy (non-hydrogen) atoms. The summed E-state index contributed by atoms with van der Waals surface area (Å²) in [7, 11) is 0. The molecule has 0 aliphatic rings. The third kappa shape index (κ3) is 1.76. The number of benzene rings is 1. The van der Waals surface area contributed by atoms with Gasteiger partial charge in [-0.3, -0.25) is 5.41 Å². The summed E-state index contributed by atoms with van der Waals surface area (Å²) >= 11 is 1.44. The van der Waals surface area contributed by atoms with E-state index in [1.807, 2.05) is 6.26 Å². The van der Waals surface area contributed by atoms with Crippen molar-refractivity contribution < 1.29 is 4.39 Å². The molecule has 0 heterocycles. The molecule has 0 fully saturated rings. The van der Waals surface area contributed by atoms with Gasteiger partial charge < -0.3 is 5.73 Å². The van der Waals surface area contributed by atoms with Crippen LogP contribution < -0.4 is 5.73 Å². The summed E-state index contributed by atoms with van der Waals surface area (Å²) in [6.45, 7) is 0. The number of nitrogens with one attached hydrogen (secondary N) is 1. The van der Waals surface area contributed by atoms with Gasteiger partial charge in [-0.05, 0) is 24.5 Å². The van der Waals surface area contributed by atoms with Gasteiger partial charge in [0.2, 0.25) is 0 Å². The highest BCUT2D eigenvalue weighted by molar-refractivity contribution is 7.98. The van der Waals surface area contributed by atoms with E-state index in [9.17, 15) is 4.39 Å². The molecule has 0 unspecified atom stereocenters. The van der Waals surface area contributed by atoms with Crippen LogP contribution in [-0.2, 0) is 0 Å². The standard InChI is InChI=1S/C8H9FN2S/c1-12-7-3-2-5(9)4-6(7)8(10)11/h2-4H,1H3,(H3,10,11). The molecule has 0 saturated heterocycles. The van der Waals surface area contributed by atoms with Gasteiger partial charge >= 0.3 is 0 Å². The summed E-state index contributed by atoms with van der Waals surface area (Å²) in [6, 6.07) is 4.25. The number of nitrogen functional groups attached to an aromatic ring is 1. The Kier molecular flexibility index (Phi) is 2.70. The van der Waals surface area contributed by atoms with Crippen LogP contribution in [0.5, 0.6) is 0 Å². The molecule has 1 aromatic rings. The van der Waals surface area contributed by atoms with Crippen LogP contribution in [0.3, 0.4) is 0 Å². The molecule has 0 atom stereocenters. The third-order valence-electron chi connectivity index (χ3n) is 1.45. The van der Waals surface area contributed by atoms with Gasteiger partial charge in [-0.15, -0.1) is 11.8 Å². The van der Waals surface area contributed by atoms with Crippen molar-refractivity contribution in [3.8, 4) is 0 Å². The fourth-order valence-corrected chi connectivity index (χ4v) is 1.48. The summed E-state index contributed by atoms with van der Waals surface area (Å²) in [5.41, 5.74) is 5.72. The average molecular weight is 184 g/mol. The highest BCUT2D eigenvalue weighted by Gasteiger charge is 2.04. The molecule has 0 aliphatic carbocycles. The van der Waals surface area contributed by atoms with Crippen LogP contribution in [0.1, 0.15) is 5.56 Å². The van der Waals surface area contributed by atoms with Gasteiger partial charge in [-0.1, -0.05) is 0 Å². The first-order valence-electron chi connectivity index (χ1n) is 3.33. The molecule has 0 bridgehead atoms. The molecule has 4 heteroatoms. The number of amidine groups is 1. The summed E-state index contributed by atoms with van der Waals surface area (Å²) in [4.78, 5) is 0.823. The maximum Gasteiger partial charge on any atom is 0.124 e. The van der Waals surface area contributed by atoms with E-state index in [2.05, 4.69) is 0 Å². The zero-order valence-electron chi connectivity index (χ0n) is 6.60. The minimum atomic E-state index is -0.363. The largest absolute Gasteiger partial charge is 0.384 e. The van der Waals surface area contributed by atoms with E-state index in [1.54, 1.807) is 6.07 Å². The smallest absolute Gasteiger partial charge is 0.124 e. The van der Waals surface area contributed by atoms with E-state index in [0.29, 0.717) is 5.56 Å². The van der Waals surface area contributed by atoms with E-state index < -0.39 is 0 Å². The second-order valence-electron chi connectivity index (χ2n) is 2.26. The maximum absolute atomic E-state index is 12.7. The fraction of sp³-hybridized carbons (Fsp3) is 0.125. The highest BCUT2D eigenvalue weighted by Crippen LogP contribution is 2.20. The molecule has 0 saturated carbocycles. The molecule has 0 aromatic heterocycles. The van der Waals surface area contributed by atoms with Gasteiger partial charge in [0.25, 0.3) is 0 Å². The van der Waals surface area contributed by atoms with Crippen LogP contribution in [0.15, 0.2) is 23.1 Å². The number of halogens is 1. The monoisotopic (exact) mass is 184 g/mol. The molecule has 0 spiro atoms. The Balaban J connectivity index is 3.21. The first-order chi connectivity index (χ1) is 5.65. The Bertz CT molecular complexity index is 312. The van der Waals surface area contributed by atoms with Gasteiger partial charge in [0, 0.05) is 10.5 Å². The summed E-state index contributed by atoms with van der Waals surface area (Å²) in [5.74, 6) is -0.461. The van der Waals surface area contributed by atoms with E-state index >= 15 is 0 Å². The highest BCUT2D eigenvalue weighted by atomic mass is 32.2. The molecule has 3 N–H and O–H groups in total. The molecule has 64 valence electrons. The molecule has 0 radical (unpaired) electrons. The normalized spacial score (nSPS) is 9.83. The number of hydrogen-bond acceptors (Lipinski definition) is 2. The van der Waals surface area contributed by atoms with E-state index in [4.69, 9.17) is 11.1 Å². The van der Waals surface area contributed by atoms with Crippen molar-refractivity contribution in [3.05, 3.63) is 29.6 Å². The van der Waals surface area contributed by atoms with Crippen molar-refractivity contribution in [1.82, 2.24) is 0 Å². The minimum absolute atomic E-state index is 0.0983. The summed E-state index contributed by atoms with van der Waals surface area (Å²) in [6.07, 6.45) is 1.86. The van der Waals surface area contributed by atoms with Crippen molar-refractivity contribution >= 4 is 17.6 Å². The summed E-state index contributed by atoms with van der Waals surface area (Å²) < 4.78 is 12.7. The van der Waals surface area contributed by atoms with Crippen LogP contribution in [0.2, 0.25) is 0 Å². The SMILES string of the molecule is CSc1ccc(F)cc1C(=N)N. The first-order valence-corrected chi connectivity index (χ1v) is 4.55. The lowest BCUT2D eigenvalue weighted by atomic mass is 10.2. The third-order valence-corrected chi connectivity index (χ3v) is 2.25. The Hall–Kier alpha value is -1.03. The quantitative estimate of drug-likeness (QED) is 0.418. The number of nitrogens with two attached hydrogens (primary N) is 1. The molecular weight excluding hydrogens is 175 g/mol. The predicted octanol–water partition coefficient (Wildman–Crippen LogP) is 1.83. The zero-order valence-corrected chi connectivity index (χ0v) is 7.41. The van der Waals surface area contributed by atoms with E-state index in [1.165, 1.54) is 23.9 Å². The van der Waals surface area contributed by atoms with Gasteiger partial charge in [-0.25, -0.2) is 4.39 Å². The Morgan fingerprint density at radius 1 is 1.58 bits per heavy atom. The van der Waals surface area contributed by atoms with Gasteiger partial charge in [0.1, 0.15) is 11.7 Å². The number of rotatable bonds is 2. The van der Waals surface area contributed by atoms with Gasteiger partial charge in [-0.2, -0.15) is 0 Å². The Labute approximate surface area is 74.5 Å². The second kappa shape index (κ2) is 3.58. The van der Waals surface area contributed by atoms with Crippen LogP contribution >= 0.6 is 11.8 Å². The first kappa shape index (κ1) is 9.06. The maximum atomic E-state index is 12.7. The Morgan fingerprint density at radius 3 is 2.75 bits per heavy atom. The van der Waals surface area contributed by atoms with Crippen LogP contribution in [-0.4, -0.2) is 12.1 Å². The van der Waals surface area contributed by atoms with Crippen molar-refractivity contribution in [2.24, 2.45) is 5.73 Å². The average Bonchev–Trinajstić information content (AvgIpc) is 2.04. The van der Waals surface area contributed by atoms with Crippen molar-refractivity contribution in [2.75, 3.05) is 6.26 Å². The van der Waals surface area contributed by atoms with Gasteiger partial charge in [0.15, 0.2) is 0 Å². The number of thioether (sulfide) groups is 1. The predicted molar refractivity (Wildman–Crippen MR) is 49.2 cm³/mol. The lowest BCUT2D eigenvalue weighted by Gasteiger charge is -2.04. The molecule has 1 rings (SSSR count). The van der Waals surface area contributed by atoms with Crippen molar-refractivity contribution in [2.45, 2.75) is 4.90 Å². The van der Waals surface area contributed by atoms with Crippen LogP contribution in [0.4, 0.5) is 4.39 Å². The van der Waals surface area contributed by atoms with Crippen molar-refractivity contribution in [3.63, 3.8) is 0 Å². The van der Waals surface area contributed by atoms with Gasteiger partial charge in [0.05, 0.1) is 0 Å². The zero-order chi connectivity index (χ0) is 9.14. The minimum Gasteiger partial charge on any atom is -0.384 e. The second-order valence-corrected chi connectivity index (χ2v) is 3.11. The topological polar surface area (TPSA) is 49.9 Å². The van der Waals surface area contributed by atoms with Crippen LogP contribution in [0.25, 0.3) is 0 Å². The van der Waals surface area contributed by atoms with Crippen molar-refractivity contribution in [1.29, 1.82) is 5.41 Å². The summed E-state index contributed by atoms with van der Waals surface area (Å²) in [5, 5.41) is 7.17. The molecule has 2 nitrogen and oxygen atoms in total. The Morgan fingerprint density at radius 2 is 2.25 bits per heavy atom. The lowest BCUT2D eigenvalue weighted by Crippen LogP contribution is -2.12. The molecule has 1 aromatic carbocycles. The number of hydrogen-bond donors (Lipinski definition) is 2. The lowest BCUT2D eigenvalue weighted by molar-refractivity contribution is 0.626. The molecule has 0 amide bonds. The molecule has 0 aliphatic heterocycles. The van der Waals surface area contributed by atoms with E-state index in [-0.39, 0.29) is 11.7 Å². The van der Waals surface area contributed by atoms with E-state index in [0.717, 1.165) is 4.90 Å². The van der Waals surface area contributed by atoms with Crippen LogP contribution in [0, 0.1) is 11.2 Å². The fourth-order valence-electron chi connectivity index (χ4n) is 0.891.